The summed E-state index contributed by atoms with van der Waals surface area (Å²) in [5.41, 5.74) is 2.88. The van der Waals surface area contributed by atoms with Crippen LogP contribution in [0.4, 0.5) is 0 Å². The maximum atomic E-state index is 13.1. The fraction of sp³-hybridized carbons (Fsp3) is 0.400. The lowest BCUT2D eigenvalue weighted by Gasteiger charge is -2.24. The summed E-state index contributed by atoms with van der Waals surface area (Å²) in [6.45, 7) is 7.15. The lowest BCUT2D eigenvalue weighted by Crippen LogP contribution is -2.31. The highest BCUT2D eigenvalue weighted by molar-refractivity contribution is 5.91. The van der Waals surface area contributed by atoms with Crippen LogP contribution in [0.5, 0.6) is 5.75 Å². The standard InChI is InChI=1S/C20H23N5O2/c1-4-27-16-9-7-15(8-10-16)17-6-5-11-24(17)19(26)18-22-20-21-13(2)12-14(3)25(20)23-18/h7-10,12,17H,4-6,11H2,1-3H3/t17-/m1/s1. The monoisotopic (exact) mass is 365 g/mol. The van der Waals surface area contributed by atoms with Gasteiger partial charge in [-0.25, -0.2) is 9.50 Å². The van der Waals surface area contributed by atoms with E-state index in [0.29, 0.717) is 18.9 Å². The predicted molar refractivity (Wildman–Crippen MR) is 101 cm³/mol. The minimum absolute atomic E-state index is 0.0376. The Balaban J connectivity index is 1.61. The largest absolute Gasteiger partial charge is 0.494 e. The first-order valence-corrected chi connectivity index (χ1v) is 9.31. The van der Waals surface area contributed by atoms with Gasteiger partial charge in [0.25, 0.3) is 11.7 Å². The summed E-state index contributed by atoms with van der Waals surface area (Å²) in [6, 6.07) is 9.95. The van der Waals surface area contributed by atoms with Crippen LogP contribution in [-0.4, -0.2) is 43.5 Å². The molecule has 1 fully saturated rings. The van der Waals surface area contributed by atoms with Crippen LogP contribution in [0.3, 0.4) is 0 Å². The summed E-state index contributed by atoms with van der Waals surface area (Å²) in [7, 11) is 0. The van der Waals surface area contributed by atoms with Gasteiger partial charge in [-0.05, 0) is 57.4 Å². The van der Waals surface area contributed by atoms with Crippen molar-refractivity contribution < 1.29 is 9.53 Å². The van der Waals surface area contributed by atoms with Crippen molar-refractivity contribution in [3.05, 3.63) is 53.1 Å². The lowest BCUT2D eigenvalue weighted by atomic mass is 10.0. The van der Waals surface area contributed by atoms with Crippen molar-refractivity contribution in [1.29, 1.82) is 0 Å². The Bertz CT molecular complexity index is 980. The van der Waals surface area contributed by atoms with Gasteiger partial charge in [0.1, 0.15) is 5.75 Å². The van der Waals surface area contributed by atoms with E-state index >= 15 is 0 Å². The van der Waals surface area contributed by atoms with Crippen molar-refractivity contribution in [3.8, 4) is 5.75 Å². The van der Waals surface area contributed by atoms with Crippen molar-refractivity contribution in [2.24, 2.45) is 0 Å². The molecule has 27 heavy (non-hydrogen) atoms. The molecule has 0 radical (unpaired) electrons. The van der Waals surface area contributed by atoms with E-state index in [2.05, 4.69) is 15.1 Å². The zero-order valence-electron chi connectivity index (χ0n) is 15.8. The zero-order chi connectivity index (χ0) is 19.0. The molecule has 1 amide bonds. The Morgan fingerprint density at radius 1 is 1.22 bits per heavy atom. The molecule has 1 aromatic carbocycles. The topological polar surface area (TPSA) is 72.6 Å². The molecule has 3 heterocycles. The van der Waals surface area contributed by atoms with Crippen LogP contribution in [0.1, 0.15) is 53.4 Å². The fourth-order valence-electron chi connectivity index (χ4n) is 3.69. The first-order chi connectivity index (χ1) is 13.1. The third kappa shape index (κ3) is 3.25. The van der Waals surface area contributed by atoms with Crippen LogP contribution < -0.4 is 4.74 Å². The number of amides is 1. The van der Waals surface area contributed by atoms with Crippen LogP contribution in [0.25, 0.3) is 5.78 Å². The van der Waals surface area contributed by atoms with Gasteiger partial charge in [0.2, 0.25) is 5.82 Å². The van der Waals surface area contributed by atoms with Crippen molar-refractivity contribution >= 4 is 11.7 Å². The van der Waals surface area contributed by atoms with E-state index in [0.717, 1.165) is 35.5 Å². The van der Waals surface area contributed by atoms with Gasteiger partial charge in [-0.15, -0.1) is 5.10 Å². The average Bonchev–Trinajstić information content (AvgIpc) is 3.29. The minimum atomic E-state index is -0.145. The van der Waals surface area contributed by atoms with Gasteiger partial charge in [-0.1, -0.05) is 12.1 Å². The summed E-state index contributed by atoms with van der Waals surface area (Å²) < 4.78 is 7.14. The molecule has 0 N–H and O–H groups in total. The Morgan fingerprint density at radius 2 is 2.00 bits per heavy atom. The Hall–Kier alpha value is -2.96. The van der Waals surface area contributed by atoms with Gasteiger partial charge in [0.05, 0.1) is 12.6 Å². The zero-order valence-corrected chi connectivity index (χ0v) is 15.8. The number of rotatable bonds is 4. The number of nitrogens with zero attached hydrogens (tertiary/aromatic N) is 5. The molecular weight excluding hydrogens is 342 g/mol. The first kappa shape index (κ1) is 17.5. The molecule has 2 aromatic heterocycles. The molecule has 0 unspecified atom stereocenters. The van der Waals surface area contributed by atoms with Crippen molar-refractivity contribution in [2.75, 3.05) is 13.2 Å². The Kier molecular flexibility index (Phi) is 4.51. The molecule has 1 atom stereocenters. The van der Waals surface area contributed by atoms with Crippen LogP contribution in [0.2, 0.25) is 0 Å². The molecule has 1 saturated heterocycles. The summed E-state index contributed by atoms with van der Waals surface area (Å²) >= 11 is 0. The Morgan fingerprint density at radius 3 is 2.74 bits per heavy atom. The van der Waals surface area contributed by atoms with Crippen molar-refractivity contribution in [2.45, 2.75) is 39.7 Å². The molecule has 7 nitrogen and oxygen atoms in total. The molecule has 3 aromatic rings. The second kappa shape index (κ2) is 6.98. The van der Waals surface area contributed by atoms with Gasteiger partial charge in [0, 0.05) is 17.9 Å². The van der Waals surface area contributed by atoms with Crippen LogP contribution in [-0.2, 0) is 0 Å². The number of likely N-dealkylation sites (tertiary alicyclic amines) is 1. The maximum absolute atomic E-state index is 13.1. The predicted octanol–water partition coefficient (Wildman–Crippen LogP) is 3.12. The smallest absolute Gasteiger partial charge is 0.294 e. The van der Waals surface area contributed by atoms with Gasteiger partial charge < -0.3 is 9.64 Å². The number of hydrogen-bond donors (Lipinski definition) is 0. The van der Waals surface area contributed by atoms with E-state index in [1.54, 1.807) is 4.52 Å². The highest BCUT2D eigenvalue weighted by atomic mass is 16.5. The van der Waals surface area contributed by atoms with Gasteiger partial charge in [0.15, 0.2) is 0 Å². The molecule has 140 valence electrons. The molecule has 4 rings (SSSR count). The molecule has 0 bridgehead atoms. The third-order valence-electron chi connectivity index (χ3n) is 4.90. The summed E-state index contributed by atoms with van der Waals surface area (Å²) in [6.07, 6.45) is 1.90. The van der Waals surface area contributed by atoms with E-state index in [1.165, 1.54) is 0 Å². The van der Waals surface area contributed by atoms with Gasteiger partial charge in [-0.3, -0.25) is 4.79 Å². The second-order valence-electron chi connectivity index (χ2n) is 6.84. The number of benzene rings is 1. The van der Waals surface area contributed by atoms with Crippen LogP contribution >= 0.6 is 0 Å². The highest BCUT2D eigenvalue weighted by Gasteiger charge is 2.32. The summed E-state index contributed by atoms with van der Waals surface area (Å²) in [5, 5.41) is 4.40. The molecule has 0 aliphatic carbocycles. The van der Waals surface area contributed by atoms with E-state index in [-0.39, 0.29) is 17.8 Å². The van der Waals surface area contributed by atoms with E-state index < -0.39 is 0 Å². The summed E-state index contributed by atoms with van der Waals surface area (Å²) in [5.74, 6) is 1.37. The quantitative estimate of drug-likeness (QED) is 0.710. The SMILES string of the molecule is CCOc1ccc([C@H]2CCCN2C(=O)c2nc3nc(C)cc(C)n3n2)cc1. The first-order valence-electron chi connectivity index (χ1n) is 9.31. The number of fused-ring (bicyclic) bond motifs is 1. The number of aryl methyl sites for hydroxylation is 2. The molecular formula is C20H23N5O2. The lowest BCUT2D eigenvalue weighted by molar-refractivity contribution is 0.0723. The number of carbonyl (C=O) groups is 1. The maximum Gasteiger partial charge on any atom is 0.294 e. The van der Waals surface area contributed by atoms with E-state index in [9.17, 15) is 4.79 Å². The Labute approximate surface area is 158 Å². The highest BCUT2D eigenvalue weighted by Crippen LogP contribution is 2.33. The van der Waals surface area contributed by atoms with Crippen molar-refractivity contribution in [3.63, 3.8) is 0 Å². The average molecular weight is 365 g/mol. The number of carbonyl (C=O) groups excluding carboxylic acids is 1. The van der Waals surface area contributed by atoms with E-state index in [1.807, 2.05) is 56.0 Å². The molecule has 7 heteroatoms. The fourth-order valence-corrected chi connectivity index (χ4v) is 3.69. The molecule has 0 saturated carbocycles. The van der Waals surface area contributed by atoms with Crippen LogP contribution in [0.15, 0.2) is 30.3 Å². The number of hydrogen-bond acceptors (Lipinski definition) is 5. The molecule has 1 aliphatic heterocycles. The van der Waals surface area contributed by atoms with E-state index in [4.69, 9.17) is 4.74 Å². The number of ether oxygens (including phenoxy) is 1. The third-order valence-corrected chi connectivity index (χ3v) is 4.90. The second-order valence-corrected chi connectivity index (χ2v) is 6.84. The van der Waals surface area contributed by atoms with Gasteiger partial charge >= 0.3 is 0 Å². The summed E-state index contributed by atoms with van der Waals surface area (Å²) in [4.78, 5) is 23.7. The molecule has 1 aliphatic rings. The normalized spacial score (nSPS) is 16.9. The van der Waals surface area contributed by atoms with Crippen LogP contribution in [0, 0.1) is 13.8 Å². The van der Waals surface area contributed by atoms with Gasteiger partial charge in [-0.2, -0.15) is 4.98 Å². The minimum Gasteiger partial charge on any atom is -0.494 e. The number of aromatic nitrogens is 4. The molecule has 0 spiro atoms. The van der Waals surface area contributed by atoms with Crippen molar-refractivity contribution in [1.82, 2.24) is 24.5 Å².